The fourth-order valence-electron chi connectivity index (χ4n) is 2.96. The van der Waals surface area contributed by atoms with Crippen molar-refractivity contribution in [3.05, 3.63) is 0 Å². The van der Waals surface area contributed by atoms with Gasteiger partial charge in [-0.1, -0.05) is 20.3 Å². The Morgan fingerprint density at radius 3 is 2.44 bits per heavy atom. The van der Waals surface area contributed by atoms with E-state index in [9.17, 15) is 0 Å². The Labute approximate surface area is 115 Å². The average molecular weight is 254 g/mol. The SMILES string of the molecule is CCC1CCCCN1C(C)C(C)CNC(C)(C)C. The van der Waals surface area contributed by atoms with Crippen LogP contribution in [-0.2, 0) is 0 Å². The highest BCUT2D eigenvalue weighted by Crippen LogP contribution is 2.24. The second-order valence-corrected chi connectivity index (χ2v) is 7.14. The van der Waals surface area contributed by atoms with Gasteiger partial charge in [-0.15, -0.1) is 0 Å². The molecule has 2 heteroatoms. The van der Waals surface area contributed by atoms with Crippen molar-refractivity contribution in [1.29, 1.82) is 0 Å². The summed E-state index contributed by atoms with van der Waals surface area (Å²) >= 11 is 0. The molecular formula is C16H34N2. The van der Waals surface area contributed by atoms with Gasteiger partial charge < -0.3 is 5.32 Å². The highest BCUT2D eigenvalue weighted by atomic mass is 15.2. The summed E-state index contributed by atoms with van der Waals surface area (Å²) < 4.78 is 0. The predicted molar refractivity (Wildman–Crippen MR) is 81.0 cm³/mol. The van der Waals surface area contributed by atoms with Crippen LogP contribution in [0.4, 0.5) is 0 Å². The van der Waals surface area contributed by atoms with Gasteiger partial charge in [0.2, 0.25) is 0 Å². The minimum absolute atomic E-state index is 0.236. The van der Waals surface area contributed by atoms with Gasteiger partial charge >= 0.3 is 0 Å². The lowest BCUT2D eigenvalue weighted by Crippen LogP contribution is -2.50. The molecule has 3 unspecified atom stereocenters. The van der Waals surface area contributed by atoms with Gasteiger partial charge in [0.05, 0.1) is 0 Å². The van der Waals surface area contributed by atoms with Gasteiger partial charge in [0.1, 0.15) is 0 Å². The van der Waals surface area contributed by atoms with E-state index in [4.69, 9.17) is 0 Å². The van der Waals surface area contributed by atoms with Gasteiger partial charge in [0.15, 0.2) is 0 Å². The molecule has 0 aliphatic carbocycles. The zero-order chi connectivity index (χ0) is 13.8. The molecule has 3 atom stereocenters. The molecule has 18 heavy (non-hydrogen) atoms. The van der Waals surface area contributed by atoms with Crippen molar-refractivity contribution in [2.24, 2.45) is 5.92 Å². The van der Waals surface area contributed by atoms with Crippen LogP contribution in [-0.4, -0.2) is 35.6 Å². The van der Waals surface area contributed by atoms with Gasteiger partial charge in [0.25, 0.3) is 0 Å². The van der Waals surface area contributed by atoms with Crippen LogP contribution in [0, 0.1) is 5.92 Å². The summed E-state index contributed by atoms with van der Waals surface area (Å²) in [6.07, 6.45) is 5.53. The van der Waals surface area contributed by atoms with Gasteiger partial charge in [-0.25, -0.2) is 0 Å². The Kier molecular flexibility index (Phi) is 6.13. The van der Waals surface area contributed by atoms with Crippen molar-refractivity contribution in [1.82, 2.24) is 10.2 Å². The Bertz CT molecular complexity index is 232. The molecule has 0 radical (unpaired) electrons. The fourth-order valence-corrected chi connectivity index (χ4v) is 2.96. The first-order valence-corrected chi connectivity index (χ1v) is 7.86. The minimum Gasteiger partial charge on any atom is -0.312 e. The van der Waals surface area contributed by atoms with Crippen LogP contribution in [0.3, 0.4) is 0 Å². The molecule has 1 aliphatic rings. The maximum atomic E-state index is 3.65. The Morgan fingerprint density at radius 2 is 1.89 bits per heavy atom. The third kappa shape index (κ3) is 4.89. The van der Waals surface area contributed by atoms with Gasteiger partial charge in [0, 0.05) is 17.6 Å². The molecule has 1 aliphatic heterocycles. The van der Waals surface area contributed by atoms with E-state index in [1.54, 1.807) is 0 Å². The van der Waals surface area contributed by atoms with Crippen LogP contribution in [0.2, 0.25) is 0 Å². The quantitative estimate of drug-likeness (QED) is 0.805. The van der Waals surface area contributed by atoms with Crippen LogP contribution in [0.1, 0.15) is 67.2 Å². The highest BCUT2D eigenvalue weighted by Gasteiger charge is 2.28. The number of hydrogen-bond donors (Lipinski definition) is 1. The molecule has 0 aromatic heterocycles. The number of piperidine rings is 1. The zero-order valence-corrected chi connectivity index (χ0v) is 13.4. The van der Waals surface area contributed by atoms with E-state index in [0.29, 0.717) is 6.04 Å². The summed E-state index contributed by atoms with van der Waals surface area (Å²) in [5.41, 5.74) is 0.236. The molecule has 0 bridgehead atoms. The molecule has 0 aromatic carbocycles. The standard InChI is InChI=1S/C16H34N2/c1-7-15-10-8-9-11-18(15)14(3)13(2)12-17-16(4,5)6/h13-15,17H,7-12H2,1-6H3. The summed E-state index contributed by atoms with van der Waals surface area (Å²) in [6, 6.07) is 1.52. The summed E-state index contributed by atoms with van der Waals surface area (Å²) in [5, 5.41) is 3.65. The summed E-state index contributed by atoms with van der Waals surface area (Å²) in [5.74, 6) is 0.719. The van der Waals surface area contributed by atoms with E-state index < -0.39 is 0 Å². The van der Waals surface area contributed by atoms with Crippen molar-refractivity contribution in [2.75, 3.05) is 13.1 Å². The first-order valence-electron chi connectivity index (χ1n) is 7.86. The number of hydrogen-bond acceptors (Lipinski definition) is 2. The lowest BCUT2D eigenvalue weighted by Gasteiger charge is -2.42. The van der Waals surface area contributed by atoms with E-state index >= 15 is 0 Å². The number of likely N-dealkylation sites (tertiary alicyclic amines) is 1. The van der Waals surface area contributed by atoms with E-state index in [1.807, 2.05) is 0 Å². The number of nitrogens with zero attached hydrogens (tertiary/aromatic N) is 1. The van der Waals surface area contributed by atoms with Crippen LogP contribution in [0.25, 0.3) is 0 Å². The molecule has 1 fully saturated rings. The van der Waals surface area contributed by atoms with E-state index in [0.717, 1.165) is 18.5 Å². The Balaban J connectivity index is 2.48. The monoisotopic (exact) mass is 254 g/mol. The maximum absolute atomic E-state index is 3.65. The number of nitrogens with one attached hydrogen (secondary N) is 1. The maximum Gasteiger partial charge on any atom is 0.0108 e. The fraction of sp³-hybridized carbons (Fsp3) is 1.00. The smallest absolute Gasteiger partial charge is 0.0108 e. The van der Waals surface area contributed by atoms with Crippen molar-refractivity contribution in [3.8, 4) is 0 Å². The topological polar surface area (TPSA) is 15.3 Å². The zero-order valence-electron chi connectivity index (χ0n) is 13.4. The van der Waals surface area contributed by atoms with Crippen molar-refractivity contribution < 1.29 is 0 Å². The molecule has 1 heterocycles. The van der Waals surface area contributed by atoms with Crippen molar-refractivity contribution in [2.45, 2.75) is 84.8 Å². The third-order valence-electron chi connectivity index (χ3n) is 4.44. The third-order valence-corrected chi connectivity index (χ3v) is 4.44. The molecular weight excluding hydrogens is 220 g/mol. The molecule has 0 aromatic rings. The van der Waals surface area contributed by atoms with E-state index in [1.165, 1.54) is 32.2 Å². The molecule has 1 saturated heterocycles. The van der Waals surface area contributed by atoms with Crippen LogP contribution >= 0.6 is 0 Å². The molecule has 0 spiro atoms. The van der Waals surface area contributed by atoms with Gasteiger partial charge in [-0.3, -0.25) is 4.90 Å². The highest BCUT2D eigenvalue weighted by molar-refractivity contribution is 4.84. The summed E-state index contributed by atoms with van der Waals surface area (Å²) in [4.78, 5) is 2.76. The first kappa shape index (κ1) is 16.0. The van der Waals surface area contributed by atoms with E-state index in [-0.39, 0.29) is 5.54 Å². The van der Waals surface area contributed by atoms with Crippen molar-refractivity contribution in [3.63, 3.8) is 0 Å². The minimum atomic E-state index is 0.236. The van der Waals surface area contributed by atoms with Crippen LogP contribution in [0.15, 0.2) is 0 Å². The molecule has 108 valence electrons. The van der Waals surface area contributed by atoms with Crippen molar-refractivity contribution >= 4 is 0 Å². The predicted octanol–water partition coefficient (Wildman–Crippen LogP) is 3.66. The first-order chi connectivity index (χ1) is 8.35. The van der Waals surface area contributed by atoms with Crippen LogP contribution in [0.5, 0.6) is 0 Å². The molecule has 1 rings (SSSR count). The normalized spacial score (nSPS) is 26.0. The number of rotatable bonds is 5. The van der Waals surface area contributed by atoms with Gasteiger partial charge in [-0.2, -0.15) is 0 Å². The average Bonchev–Trinajstić information content (AvgIpc) is 2.34. The largest absolute Gasteiger partial charge is 0.312 e. The lowest BCUT2D eigenvalue weighted by atomic mass is 9.93. The Hall–Kier alpha value is -0.0800. The molecule has 2 nitrogen and oxygen atoms in total. The molecule has 0 amide bonds. The second-order valence-electron chi connectivity index (χ2n) is 7.14. The summed E-state index contributed by atoms with van der Waals surface area (Å²) in [6.45, 7) is 16.3. The summed E-state index contributed by atoms with van der Waals surface area (Å²) in [7, 11) is 0. The van der Waals surface area contributed by atoms with E-state index in [2.05, 4.69) is 51.8 Å². The second kappa shape index (κ2) is 6.91. The lowest BCUT2D eigenvalue weighted by molar-refractivity contribution is 0.0705. The van der Waals surface area contributed by atoms with Crippen LogP contribution < -0.4 is 5.32 Å². The Morgan fingerprint density at radius 1 is 1.22 bits per heavy atom. The molecule has 0 saturated carbocycles. The molecule has 1 N–H and O–H groups in total. The van der Waals surface area contributed by atoms with Gasteiger partial charge in [-0.05, 0) is 66.0 Å².